The van der Waals surface area contributed by atoms with E-state index in [1.54, 1.807) is 0 Å². The van der Waals surface area contributed by atoms with Crippen LogP contribution in [0.15, 0.2) is 0 Å². The molecule has 2 saturated heterocycles. The maximum Gasteiger partial charge on any atom is 0.114 e. The standard InChI is InChI=1S/C12H17NO2/c1-11(14,8-2-3-8)12(7-13)6-9-4-5-10(12)15-9/h8-10,14H,2-6H2,1H3. The van der Waals surface area contributed by atoms with Gasteiger partial charge in [-0.05, 0) is 44.9 Å². The third kappa shape index (κ3) is 1.07. The number of hydrogen-bond donors (Lipinski definition) is 1. The minimum Gasteiger partial charge on any atom is -0.388 e. The quantitative estimate of drug-likeness (QED) is 0.748. The normalized spacial score (nSPS) is 47.5. The molecule has 1 N–H and O–H groups in total. The van der Waals surface area contributed by atoms with E-state index in [0.717, 1.165) is 32.1 Å². The van der Waals surface area contributed by atoms with Crippen LogP contribution in [0.2, 0.25) is 0 Å². The molecule has 3 nitrogen and oxygen atoms in total. The first-order valence-electron chi connectivity index (χ1n) is 5.89. The summed E-state index contributed by atoms with van der Waals surface area (Å²) in [6.45, 7) is 1.85. The molecule has 1 saturated carbocycles. The predicted octanol–water partition coefficient (Wildman–Crippen LogP) is 1.61. The highest BCUT2D eigenvalue weighted by Crippen LogP contribution is 2.59. The summed E-state index contributed by atoms with van der Waals surface area (Å²) in [5, 5.41) is 20.1. The van der Waals surface area contributed by atoms with Crippen LogP contribution >= 0.6 is 0 Å². The van der Waals surface area contributed by atoms with Crippen molar-refractivity contribution in [3.8, 4) is 6.07 Å². The van der Waals surface area contributed by atoms with Crippen LogP contribution in [-0.2, 0) is 4.74 Å². The summed E-state index contributed by atoms with van der Waals surface area (Å²) < 4.78 is 5.76. The van der Waals surface area contributed by atoms with Gasteiger partial charge in [0.25, 0.3) is 0 Å². The Morgan fingerprint density at radius 1 is 1.40 bits per heavy atom. The fraction of sp³-hybridized carbons (Fsp3) is 0.917. The first kappa shape index (κ1) is 9.62. The fourth-order valence-corrected chi connectivity index (χ4v) is 3.48. The smallest absolute Gasteiger partial charge is 0.114 e. The Morgan fingerprint density at radius 2 is 2.13 bits per heavy atom. The van der Waals surface area contributed by atoms with Gasteiger partial charge in [0.2, 0.25) is 0 Å². The number of rotatable bonds is 2. The van der Waals surface area contributed by atoms with Gasteiger partial charge in [-0.15, -0.1) is 0 Å². The van der Waals surface area contributed by atoms with Gasteiger partial charge in [-0.3, -0.25) is 0 Å². The number of nitrogens with zero attached hydrogens (tertiary/aromatic N) is 1. The lowest BCUT2D eigenvalue weighted by molar-refractivity contribution is -0.0871. The van der Waals surface area contributed by atoms with Gasteiger partial charge in [-0.25, -0.2) is 0 Å². The molecule has 3 rings (SSSR count). The Labute approximate surface area is 90.0 Å². The summed E-state index contributed by atoms with van der Waals surface area (Å²) in [4.78, 5) is 0. The molecule has 0 amide bonds. The highest BCUT2D eigenvalue weighted by Gasteiger charge is 2.65. The average molecular weight is 207 g/mol. The molecule has 15 heavy (non-hydrogen) atoms. The topological polar surface area (TPSA) is 53.2 Å². The molecule has 4 unspecified atom stereocenters. The second kappa shape index (κ2) is 2.75. The molecule has 0 aromatic carbocycles. The van der Waals surface area contributed by atoms with Gasteiger partial charge in [0.1, 0.15) is 5.41 Å². The summed E-state index contributed by atoms with van der Waals surface area (Å²) >= 11 is 0. The van der Waals surface area contributed by atoms with Gasteiger partial charge in [0, 0.05) is 0 Å². The lowest BCUT2D eigenvalue weighted by Gasteiger charge is -2.41. The zero-order valence-electron chi connectivity index (χ0n) is 9.07. The van der Waals surface area contributed by atoms with Gasteiger partial charge in [-0.2, -0.15) is 5.26 Å². The second-order valence-electron chi connectivity index (χ2n) is 5.53. The average Bonchev–Trinajstić information content (AvgIpc) is 2.90. The van der Waals surface area contributed by atoms with E-state index in [1.165, 1.54) is 0 Å². The maximum absolute atomic E-state index is 10.6. The number of aliphatic hydroxyl groups is 1. The second-order valence-corrected chi connectivity index (χ2v) is 5.53. The van der Waals surface area contributed by atoms with E-state index in [4.69, 9.17) is 4.74 Å². The van der Waals surface area contributed by atoms with Gasteiger partial charge in [0.15, 0.2) is 0 Å². The van der Waals surface area contributed by atoms with Crippen molar-refractivity contribution in [2.24, 2.45) is 11.3 Å². The van der Waals surface area contributed by atoms with Gasteiger partial charge < -0.3 is 9.84 Å². The van der Waals surface area contributed by atoms with E-state index >= 15 is 0 Å². The van der Waals surface area contributed by atoms with Crippen molar-refractivity contribution in [3.05, 3.63) is 0 Å². The van der Waals surface area contributed by atoms with Crippen LogP contribution in [-0.4, -0.2) is 22.9 Å². The zero-order valence-corrected chi connectivity index (χ0v) is 9.07. The van der Waals surface area contributed by atoms with E-state index in [0.29, 0.717) is 5.92 Å². The highest BCUT2D eigenvalue weighted by atomic mass is 16.5. The monoisotopic (exact) mass is 207 g/mol. The van der Waals surface area contributed by atoms with E-state index in [1.807, 2.05) is 6.92 Å². The van der Waals surface area contributed by atoms with Crippen LogP contribution in [0, 0.1) is 22.7 Å². The number of ether oxygens (including phenoxy) is 1. The van der Waals surface area contributed by atoms with Crippen molar-refractivity contribution in [2.75, 3.05) is 0 Å². The molecule has 3 heteroatoms. The van der Waals surface area contributed by atoms with E-state index in [9.17, 15) is 10.4 Å². The van der Waals surface area contributed by atoms with E-state index < -0.39 is 11.0 Å². The van der Waals surface area contributed by atoms with Crippen molar-refractivity contribution >= 4 is 0 Å². The number of hydrogen-bond acceptors (Lipinski definition) is 3. The number of nitriles is 1. The molecule has 2 heterocycles. The minimum atomic E-state index is -0.846. The Hall–Kier alpha value is -0.590. The molecule has 4 atom stereocenters. The molecule has 0 radical (unpaired) electrons. The molecule has 2 bridgehead atoms. The van der Waals surface area contributed by atoms with Crippen LogP contribution in [0.25, 0.3) is 0 Å². The maximum atomic E-state index is 10.6. The summed E-state index contributed by atoms with van der Waals surface area (Å²) in [6.07, 6.45) is 5.07. The summed E-state index contributed by atoms with van der Waals surface area (Å²) in [7, 11) is 0. The molecule has 2 aliphatic heterocycles. The largest absolute Gasteiger partial charge is 0.388 e. The van der Waals surface area contributed by atoms with Crippen molar-refractivity contribution in [1.29, 1.82) is 5.26 Å². The van der Waals surface area contributed by atoms with E-state index in [2.05, 4.69) is 6.07 Å². The van der Waals surface area contributed by atoms with Crippen molar-refractivity contribution < 1.29 is 9.84 Å². The molecule has 1 aliphatic carbocycles. The molecule has 82 valence electrons. The van der Waals surface area contributed by atoms with Crippen molar-refractivity contribution in [3.63, 3.8) is 0 Å². The van der Waals surface area contributed by atoms with Gasteiger partial charge in [0.05, 0.1) is 23.9 Å². The molecule has 0 spiro atoms. The first-order chi connectivity index (χ1) is 7.10. The van der Waals surface area contributed by atoms with Crippen molar-refractivity contribution in [2.45, 2.75) is 56.8 Å². The molecule has 3 aliphatic rings. The van der Waals surface area contributed by atoms with Gasteiger partial charge >= 0.3 is 0 Å². The lowest BCUT2D eigenvalue weighted by Crippen LogP contribution is -2.52. The third-order valence-electron chi connectivity index (χ3n) is 4.68. The molecule has 0 aromatic heterocycles. The van der Waals surface area contributed by atoms with Crippen LogP contribution in [0.3, 0.4) is 0 Å². The summed E-state index contributed by atoms with van der Waals surface area (Å²) in [5.74, 6) is 0.320. The first-order valence-corrected chi connectivity index (χ1v) is 5.89. The fourth-order valence-electron chi connectivity index (χ4n) is 3.48. The van der Waals surface area contributed by atoms with Gasteiger partial charge in [-0.1, -0.05) is 0 Å². The van der Waals surface area contributed by atoms with E-state index in [-0.39, 0.29) is 12.2 Å². The molecular formula is C12H17NO2. The summed E-state index contributed by atoms with van der Waals surface area (Å²) in [6, 6.07) is 2.40. The Bertz CT molecular complexity index is 329. The van der Waals surface area contributed by atoms with Crippen LogP contribution in [0.5, 0.6) is 0 Å². The van der Waals surface area contributed by atoms with Crippen LogP contribution in [0.4, 0.5) is 0 Å². The molecular weight excluding hydrogens is 190 g/mol. The molecule has 3 fully saturated rings. The predicted molar refractivity (Wildman–Crippen MR) is 53.9 cm³/mol. The van der Waals surface area contributed by atoms with Crippen molar-refractivity contribution in [1.82, 2.24) is 0 Å². The third-order valence-corrected chi connectivity index (χ3v) is 4.68. The van der Waals surface area contributed by atoms with Crippen LogP contribution in [0.1, 0.15) is 39.0 Å². The number of fused-ring (bicyclic) bond motifs is 2. The SMILES string of the molecule is CC(O)(C1CC1)C1(C#N)CC2CCC1O2. The Morgan fingerprint density at radius 3 is 2.53 bits per heavy atom. The minimum absolute atomic E-state index is 0.0249. The lowest BCUT2D eigenvalue weighted by atomic mass is 9.63. The highest BCUT2D eigenvalue weighted by molar-refractivity contribution is 5.22. The molecule has 0 aromatic rings. The zero-order chi connectivity index (χ0) is 10.7. The Balaban J connectivity index is 1.96. The summed E-state index contributed by atoms with van der Waals surface area (Å²) in [5.41, 5.74) is -1.47. The van der Waals surface area contributed by atoms with Crippen LogP contribution < -0.4 is 0 Å². The Kier molecular flexibility index (Phi) is 1.76.